The number of para-hydroxylation sites is 2. The maximum absolute atomic E-state index is 13.5. The molecule has 0 aliphatic carbocycles. The fourth-order valence-electron chi connectivity index (χ4n) is 3.88. The third-order valence-electron chi connectivity index (χ3n) is 5.72. The Morgan fingerprint density at radius 3 is 2.47 bits per heavy atom. The van der Waals surface area contributed by atoms with Crippen LogP contribution in [0.1, 0.15) is 16.7 Å². The van der Waals surface area contributed by atoms with Crippen LogP contribution >= 0.6 is 0 Å². The van der Waals surface area contributed by atoms with Crippen molar-refractivity contribution in [2.45, 2.75) is 12.8 Å². The van der Waals surface area contributed by atoms with E-state index in [1.54, 1.807) is 60.7 Å². The fraction of sp³-hybridized carbons (Fsp3) is 0.0690. The van der Waals surface area contributed by atoms with Crippen LogP contribution in [0, 0.1) is 5.82 Å². The number of rotatable bonds is 6. The van der Waals surface area contributed by atoms with Crippen molar-refractivity contribution < 1.29 is 22.3 Å². The van der Waals surface area contributed by atoms with Gasteiger partial charge in [-0.25, -0.2) is 9.37 Å². The van der Waals surface area contributed by atoms with Crippen LogP contribution in [0.2, 0.25) is 0 Å². The predicted molar refractivity (Wildman–Crippen MR) is 137 cm³/mol. The van der Waals surface area contributed by atoms with Gasteiger partial charge in [0.1, 0.15) is 18.2 Å². The maximum Gasteiger partial charge on any atom is 0.416 e. The molecular weight excluding hydrogens is 498 g/mol. The van der Waals surface area contributed by atoms with Crippen molar-refractivity contribution in [2.24, 2.45) is 5.10 Å². The molecule has 0 unspecified atom stereocenters. The minimum absolute atomic E-state index is 0.0470. The molecular formula is C29H19F4N3O2. The highest BCUT2D eigenvalue weighted by Crippen LogP contribution is 2.32. The van der Waals surface area contributed by atoms with Crippen LogP contribution in [-0.4, -0.2) is 15.9 Å². The number of hydrogen-bond donors (Lipinski definition) is 0. The summed E-state index contributed by atoms with van der Waals surface area (Å²) in [5.41, 5.74) is 0.115. The number of halogens is 4. The minimum atomic E-state index is -4.57. The molecule has 0 amide bonds. The first-order chi connectivity index (χ1) is 18.3. The first-order valence-electron chi connectivity index (χ1n) is 11.5. The molecule has 0 fully saturated rings. The Balaban J connectivity index is 1.57. The summed E-state index contributed by atoms with van der Waals surface area (Å²) < 4.78 is 60.5. The quantitative estimate of drug-likeness (QED) is 0.186. The molecule has 38 heavy (non-hydrogen) atoms. The van der Waals surface area contributed by atoms with Gasteiger partial charge in [-0.2, -0.15) is 22.9 Å². The molecule has 0 saturated carbocycles. The molecule has 0 N–H and O–H groups in total. The molecule has 0 atom stereocenters. The monoisotopic (exact) mass is 517 g/mol. The van der Waals surface area contributed by atoms with Gasteiger partial charge in [0.25, 0.3) is 5.56 Å². The Hall–Kier alpha value is -4.79. The van der Waals surface area contributed by atoms with Gasteiger partial charge in [-0.1, -0.05) is 48.5 Å². The summed E-state index contributed by atoms with van der Waals surface area (Å²) in [6.07, 6.45) is -3.20. The largest absolute Gasteiger partial charge is 0.488 e. The molecule has 190 valence electrons. The highest BCUT2D eigenvalue weighted by molar-refractivity contribution is 5.84. The lowest BCUT2D eigenvalue weighted by molar-refractivity contribution is -0.137. The number of benzene rings is 4. The summed E-state index contributed by atoms with van der Waals surface area (Å²) in [7, 11) is 0. The average molecular weight is 517 g/mol. The zero-order valence-electron chi connectivity index (χ0n) is 19.7. The number of aromatic nitrogens is 2. The maximum atomic E-state index is 13.5. The zero-order valence-corrected chi connectivity index (χ0v) is 19.7. The van der Waals surface area contributed by atoms with Gasteiger partial charge >= 0.3 is 6.18 Å². The van der Waals surface area contributed by atoms with Crippen LogP contribution in [0.3, 0.4) is 0 Å². The van der Waals surface area contributed by atoms with Gasteiger partial charge in [0, 0.05) is 11.1 Å². The topological polar surface area (TPSA) is 56.5 Å². The number of alkyl halides is 3. The van der Waals surface area contributed by atoms with Gasteiger partial charge in [0.2, 0.25) is 0 Å². The van der Waals surface area contributed by atoms with E-state index in [9.17, 15) is 22.4 Å². The Morgan fingerprint density at radius 1 is 0.895 bits per heavy atom. The van der Waals surface area contributed by atoms with E-state index in [2.05, 4.69) is 10.1 Å². The molecule has 5 aromatic rings. The lowest BCUT2D eigenvalue weighted by atomic mass is 10.1. The summed E-state index contributed by atoms with van der Waals surface area (Å²) in [6, 6.07) is 24.0. The third-order valence-corrected chi connectivity index (χ3v) is 5.72. The molecule has 0 aliphatic heterocycles. The highest BCUT2D eigenvalue weighted by atomic mass is 19.4. The second kappa shape index (κ2) is 10.3. The van der Waals surface area contributed by atoms with Crippen molar-refractivity contribution in [2.75, 3.05) is 0 Å². The van der Waals surface area contributed by atoms with Gasteiger partial charge < -0.3 is 4.74 Å². The standard InChI is InChI=1S/C29H19F4N3O2/c30-23-11-5-7-19(15-23)18-38-26-14-4-1-8-21(26)17-34-36-27(20-9-6-10-22(16-20)29(31,32)33)35-25-13-3-2-12-24(25)28(36)37/h1-17H,18H2. The average Bonchev–Trinajstić information content (AvgIpc) is 2.91. The number of nitrogens with zero attached hydrogens (tertiary/aromatic N) is 3. The van der Waals surface area contributed by atoms with E-state index in [-0.39, 0.29) is 29.2 Å². The van der Waals surface area contributed by atoms with Crippen LogP contribution in [0.15, 0.2) is 107 Å². The van der Waals surface area contributed by atoms with E-state index in [0.29, 0.717) is 22.4 Å². The van der Waals surface area contributed by atoms with E-state index in [4.69, 9.17) is 4.74 Å². The molecule has 4 aromatic carbocycles. The van der Waals surface area contributed by atoms with Gasteiger partial charge in [0.15, 0.2) is 5.82 Å². The van der Waals surface area contributed by atoms with Gasteiger partial charge in [-0.05, 0) is 54.1 Å². The first kappa shape index (κ1) is 24.9. The molecule has 1 aromatic heterocycles. The van der Waals surface area contributed by atoms with Crippen molar-refractivity contribution in [1.29, 1.82) is 0 Å². The van der Waals surface area contributed by atoms with Crippen molar-refractivity contribution in [3.05, 3.63) is 130 Å². The van der Waals surface area contributed by atoms with E-state index in [0.717, 1.165) is 16.8 Å². The molecule has 5 nitrogen and oxygen atoms in total. The number of ether oxygens (including phenoxy) is 1. The number of hydrogen-bond acceptors (Lipinski definition) is 4. The van der Waals surface area contributed by atoms with Gasteiger partial charge in [0.05, 0.1) is 22.7 Å². The second-order valence-electron chi connectivity index (χ2n) is 8.35. The van der Waals surface area contributed by atoms with Crippen molar-refractivity contribution in [3.8, 4) is 17.1 Å². The minimum Gasteiger partial charge on any atom is -0.488 e. The molecule has 0 spiro atoms. The van der Waals surface area contributed by atoms with Gasteiger partial charge in [-0.3, -0.25) is 4.79 Å². The van der Waals surface area contributed by atoms with Crippen LogP contribution in [0.25, 0.3) is 22.3 Å². The van der Waals surface area contributed by atoms with Crippen molar-refractivity contribution >= 4 is 17.1 Å². The van der Waals surface area contributed by atoms with E-state index < -0.39 is 17.3 Å². The van der Waals surface area contributed by atoms with Crippen LogP contribution in [-0.2, 0) is 12.8 Å². The molecule has 5 rings (SSSR count). The SMILES string of the molecule is O=c1c2ccccc2nc(-c2cccc(C(F)(F)F)c2)n1N=Cc1ccccc1OCc1cccc(F)c1. The molecule has 0 aliphatic rings. The molecule has 9 heteroatoms. The van der Waals surface area contributed by atoms with Gasteiger partial charge in [-0.15, -0.1) is 0 Å². The summed E-state index contributed by atoms with van der Waals surface area (Å²) in [4.78, 5) is 17.8. The predicted octanol–water partition coefficient (Wildman–Crippen LogP) is 6.68. The Bertz CT molecular complexity index is 1710. The first-order valence-corrected chi connectivity index (χ1v) is 11.5. The number of fused-ring (bicyclic) bond motifs is 1. The van der Waals surface area contributed by atoms with Crippen LogP contribution in [0.4, 0.5) is 17.6 Å². The second-order valence-corrected chi connectivity index (χ2v) is 8.35. The fourth-order valence-corrected chi connectivity index (χ4v) is 3.88. The molecule has 0 radical (unpaired) electrons. The summed E-state index contributed by atoms with van der Waals surface area (Å²) in [5, 5.41) is 4.58. The van der Waals surface area contributed by atoms with E-state index >= 15 is 0 Å². The van der Waals surface area contributed by atoms with Crippen molar-refractivity contribution in [3.63, 3.8) is 0 Å². The normalized spacial score (nSPS) is 11.8. The van der Waals surface area contributed by atoms with E-state index in [1.807, 2.05) is 0 Å². The summed E-state index contributed by atoms with van der Waals surface area (Å²) >= 11 is 0. The highest BCUT2D eigenvalue weighted by Gasteiger charge is 2.31. The Kier molecular flexibility index (Phi) is 6.74. The summed E-state index contributed by atoms with van der Waals surface area (Å²) in [5.74, 6) is -0.0108. The van der Waals surface area contributed by atoms with Crippen LogP contribution < -0.4 is 10.3 Å². The lowest BCUT2D eigenvalue weighted by Gasteiger charge is -2.12. The lowest BCUT2D eigenvalue weighted by Crippen LogP contribution is -2.20. The molecule has 0 bridgehead atoms. The molecule has 0 saturated heterocycles. The van der Waals surface area contributed by atoms with Crippen molar-refractivity contribution in [1.82, 2.24) is 9.66 Å². The molecule has 1 heterocycles. The van der Waals surface area contributed by atoms with E-state index in [1.165, 1.54) is 30.5 Å². The van der Waals surface area contributed by atoms with Crippen LogP contribution in [0.5, 0.6) is 5.75 Å². The smallest absolute Gasteiger partial charge is 0.416 e. The zero-order chi connectivity index (χ0) is 26.7. The summed E-state index contributed by atoms with van der Waals surface area (Å²) in [6.45, 7) is 0.0928. The third kappa shape index (κ3) is 5.31. The Labute approximate surface area is 214 Å². The Morgan fingerprint density at radius 2 is 1.66 bits per heavy atom.